The minimum absolute atomic E-state index is 0.188. The number of hydrogen-bond acceptors (Lipinski definition) is 16. The van der Waals surface area contributed by atoms with Crippen molar-refractivity contribution in [3.63, 3.8) is 0 Å². The van der Waals surface area contributed by atoms with Crippen molar-refractivity contribution in [2.24, 2.45) is 0 Å². The van der Waals surface area contributed by atoms with Crippen LogP contribution in [0.15, 0.2) is 192 Å². The van der Waals surface area contributed by atoms with E-state index in [1.807, 2.05) is 79.3 Å². The van der Waals surface area contributed by atoms with Crippen LogP contribution >= 0.6 is 23.2 Å². The van der Waals surface area contributed by atoms with E-state index in [1.165, 1.54) is 12.3 Å². The number of imidazole rings is 5. The molecule has 5 atom stereocenters. The minimum atomic E-state index is -1.17. The third-order valence-corrected chi connectivity index (χ3v) is 20.4. The molecule has 13 aromatic rings. The van der Waals surface area contributed by atoms with Gasteiger partial charge in [0.25, 0.3) is 0 Å². The average Bonchev–Trinajstić information content (AvgIpc) is 1.62. The fourth-order valence-electron chi connectivity index (χ4n) is 14.9. The minimum Gasteiger partial charge on any atom is -0.463 e. The number of rotatable bonds is 6. The molecule has 5 aliphatic heterocycles. The molecule has 500 valence electrons. The van der Waals surface area contributed by atoms with E-state index >= 15 is 0 Å². The van der Waals surface area contributed by atoms with Crippen molar-refractivity contribution in [1.82, 2.24) is 47.8 Å². The zero-order chi connectivity index (χ0) is 68.7. The van der Waals surface area contributed by atoms with Gasteiger partial charge in [-0.1, -0.05) is 71.7 Å². The van der Waals surface area contributed by atoms with Crippen LogP contribution in [0.4, 0.5) is 4.39 Å². The molecule has 0 radical (unpaired) electrons. The molecule has 18 rings (SSSR count). The number of aryl methyl sites for hydroxylation is 5. The molecule has 0 saturated heterocycles. The Morgan fingerprint density at radius 1 is 0.455 bits per heavy atom. The molecule has 4 N–H and O–H groups in total. The molecular weight excluding hydrogens is 1300 g/mol. The molecule has 99 heavy (non-hydrogen) atoms. The SMILES string of the molecule is COC1(c2ccc(C#N)cc2)CCCn2cncc21.N#Cc1ccc(C2(O)CCCn3cncc32)cc1.N#Cc1cccc2c(C3(O)CCCn4cncc43)coc12.OC1(c2coc3c(Cl)cc(Cl)cc23)CCCn2cncc21.OC1(c2coc3c(F)cccc23)CCCn2cncc21. The molecule has 0 bridgehead atoms. The Labute approximate surface area is 577 Å². The van der Waals surface area contributed by atoms with E-state index in [0.29, 0.717) is 85.7 Å². The van der Waals surface area contributed by atoms with E-state index < -0.39 is 33.8 Å². The Morgan fingerprint density at radius 3 is 1.32 bits per heavy atom. The number of aliphatic hydroxyl groups is 4. The van der Waals surface area contributed by atoms with Crippen molar-refractivity contribution in [2.45, 2.75) is 125 Å². The van der Waals surface area contributed by atoms with Crippen LogP contribution in [0.5, 0.6) is 0 Å². The second-order valence-corrected chi connectivity index (χ2v) is 26.2. The summed E-state index contributed by atoms with van der Waals surface area (Å²) in [5.74, 6) is -0.415. The lowest BCUT2D eigenvalue weighted by molar-refractivity contribution is -0.00381. The summed E-state index contributed by atoms with van der Waals surface area (Å²) in [6.07, 6.45) is 30.0. The highest BCUT2D eigenvalue weighted by atomic mass is 35.5. The largest absolute Gasteiger partial charge is 0.463 e. The van der Waals surface area contributed by atoms with Gasteiger partial charge in [0.15, 0.2) is 22.6 Å². The molecule has 0 saturated carbocycles. The smallest absolute Gasteiger partial charge is 0.169 e. The average molecular weight is 1370 g/mol. The normalized spacial score (nSPS) is 21.7. The third kappa shape index (κ3) is 11.6. The lowest BCUT2D eigenvalue weighted by atomic mass is 9.83. The van der Waals surface area contributed by atoms with Crippen LogP contribution in [-0.2, 0) is 65.5 Å². The second kappa shape index (κ2) is 26.8. The first-order chi connectivity index (χ1) is 48.1. The number of fused-ring (bicyclic) bond motifs is 8. The van der Waals surface area contributed by atoms with Crippen molar-refractivity contribution < 1.29 is 42.8 Å². The lowest BCUT2D eigenvalue weighted by Crippen LogP contribution is -2.36. The standard InChI is InChI=1S/C16H13N3O2.C15H12Cl2N2O2.C15H13FN2O2.C15H15N3O.C14H13N3O/c17-7-11-3-1-4-12-13(9-21-15(11)12)16(20)5-2-6-19-10-18-8-14(16)19;16-9-4-10-11(7-21-14(10)12(17)5-9)15(20)2-1-3-19-8-18-6-13(15)19;16-12-4-1-3-10-11(8-20-14(10)12)15(19)5-2-6-18-9-17-7-13(15)18;1-19-15(13-5-3-12(9-16)4-6-13)7-2-8-18-11-17-10-14(15)18;15-8-11-2-4-12(5-3-11)14(18)6-1-7-17-10-16-9-13(14)17/h1,3-4,8-10,20H,2,5-6H2;4-8,20H,1-3H2;1,3-4,7-9,19H,2,5-6H2;3-6,10-11H,2,7-8H2,1H3;2-5,9-10,18H,1,6-7H2. The topological polar surface area (TPSA) is 290 Å². The van der Waals surface area contributed by atoms with Crippen molar-refractivity contribution in [1.29, 1.82) is 15.8 Å². The number of halogens is 3. The number of furan rings is 3. The maximum atomic E-state index is 13.7. The summed E-state index contributed by atoms with van der Waals surface area (Å²) in [5.41, 5.74) is 6.26. The summed E-state index contributed by atoms with van der Waals surface area (Å²) < 4.78 is 46.1. The highest BCUT2D eigenvalue weighted by Gasteiger charge is 2.44. The number of aromatic nitrogens is 10. The van der Waals surface area contributed by atoms with Crippen LogP contribution in [0.2, 0.25) is 10.0 Å². The van der Waals surface area contributed by atoms with Crippen LogP contribution in [-0.4, -0.2) is 75.3 Å². The van der Waals surface area contributed by atoms with Crippen molar-refractivity contribution >= 4 is 56.1 Å². The van der Waals surface area contributed by atoms with E-state index in [2.05, 4.69) is 47.7 Å². The van der Waals surface area contributed by atoms with Gasteiger partial charge in [-0.2, -0.15) is 15.8 Å². The molecule has 8 aromatic heterocycles. The van der Waals surface area contributed by atoms with E-state index in [1.54, 1.807) is 112 Å². The Kier molecular flexibility index (Phi) is 17.8. The Balaban J connectivity index is 0.000000106. The number of hydrogen-bond donors (Lipinski definition) is 4. The molecule has 5 aliphatic rings. The summed E-state index contributed by atoms with van der Waals surface area (Å²) in [6, 6.07) is 34.6. The fraction of sp³-hybridized carbons (Fsp3) is 0.280. The maximum Gasteiger partial charge on any atom is 0.169 e. The Morgan fingerprint density at radius 2 is 0.848 bits per heavy atom. The fourth-order valence-corrected chi connectivity index (χ4v) is 15.5. The molecule has 5 unspecified atom stereocenters. The van der Waals surface area contributed by atoms with Crippen molar-refractivity contribution in [2.75, 3.05) is 7.11 Å². The van der Waals surface area contributed by atoms with Gasteiger partial charge in [0.2, 0.25) is 0 Å². The molecule has 0 fully saturated rings. The van der Waals surface area contributed by atoms with Gasteiger partial charge < -0.3 is 61.2 Å². The molecule has 0 aliphatic carbocycles. The molecule has 13 heterocycles. The van der Waals surface area contributed by atoms with Crippen LogP contribution in [0, 0.1) is 39.8 Å². The highest BCUT2D eigenvalue weighted by molar-refractivity contribution is 6.38. The van der Waals surface area contributed by atoms with E-state index in [-0.39, 0.29) is 5.58 Å². The van der Waals surface area contributed by atoms with Gasteiger partial charge >= 0.3 is 0 Å². The van der Waals surface area contributed by atoms with Gasteiger partial charge in [0.05, 0.1) is 144 Å². The van der Waals surface area contributed by atoms with Gasteiger partial charge in [-0.05, 0) is 124 Å². The number of ether oxygens (including phenoxy) is 1. The molecule has 21 nitrogen and oxygen atoms in total. The summed E-state index contributed by atoms with van der Waals surface area (Å²) in [7, 11) is 1.74. The number of nitrogens with zero attached hydrogens (tertiary/aromatic N) is 13. The van der Waals surface area contributed by atoms with Crippen LogP contribution in [0.1, 0.15) is 137 Å². The van der Waals surface area contributed by atoms with Crippen LogP contribution in [0.25, 0.3) is 32.9 Å². The Hall–Kier alpha value is -10.5. The van der Waals surface area contributed by atoms with E-state index in [4.69, 9.17) is 57.0 Å². The van der Waals surface area contributed by atoms with E-state index in [0.717, 1.165) is 122 Å². The van der Waals surface area contributed by atoms with Crippen LogP contribution < -0.4 is 0 Å². The van der Waals surface area contributed by atoms with Crippen molar-refractivity contribution in [3.05, 3.63) is 267 Å². The predicted octanol–water partition coefficient (Wildman–Crippen LogP) is 13.5. The second-order valence-electron chi connectivity index (χ2n) is 25.4. The molecule has 5 aromatic carbocycles. The summed E-state index contributed by atoms with van der Waals surface area (Å²) >= 11 is 12.3. The number of methoxy groups -OCH3 is 1. The highest BCUT2D eigenvalue weighted by Crippen LogP contribution is 2.47. The quantitative estimate of drug-likeness (QED) is 0.120. The summed E-state index contributed by atoms with van der Waals surface area (Å²) in [6.45, 7) is 4.43. The number of nitriles is 3. The van der Waals surface area contributed by atoms with Gasteiger partial charge in [-0.25, -0.2) is 29.3 Å². The zero-order valence-electron chi connectivity index (χ0n) is 53.7. The summed E-state index contributed by atoms with van der Waals surface area (Å²) in [5, 5.41) is 74.4. The number of benzene rings is 5. The first kappa shape index (κ1) is 65.8. The first-order valence-electron chi connectivity index (χ1n) is 32.5. The summed E-state index contributed by atoms with van der Waals surface area (Å²) in [4.78, 5) is 20.7. The van der Waals surface area contributed by atoms with Crippen LogP contribution in [0.3, 0.4) is 0 Å². The van der Waals surface area contributed by atoms with Crippen molar-refractivity contribution in [3.8, 4) is 18.2 Å². The maximum absolute atomic E-state index is 13.7. The first-order valence-corrected chi connectivity index (χ1v) is 33.3. The Bertz CT molecular complexity index is 5240. The van der Waals surface area contributed by atoms with Gasteiger partial charge in [0, 0.05) is 77.7 Å². The van der Waals surface area contributed by atoms with Gasteiger partial charge in [0.1, 0.15) is 34.1 Å². The van der Waals surface area contributed by atoms with E-state index in [9.17, 15) is 24.8 Å². The molecule has 24 heteroatoms. The zero-order valence-corrected chi connectivity index (χ0v) is 55.2. The monoisotopic (exact) mass is 1370 g/mol. The van der Waals surface area contributed by atoms with Gasteiger partial charge in [-0.15, -0.1) is 0 Å². The van der Waals surface area contributed by atoms with Gasteiger partial charge in [-0.3, -0.25) is 0 Å². The predicted molar refractivity (Wildman–Crippen MR) is 363 cm³/mol. The third-order valence-electron chi connectivity index (χ3n) is 19.9. The molecule has 0 amide bonds. The lowest BCUT2D eigenvalue weighted by Gasteiger charge is -2.37. The molecule has 0 spiro atoms. The number of para-hydroxylation sites is 2. The molecular formula is C75H66Cl2FN13O8.